The molecule has 0 amide bonds. The van der Waals surface area contributed by atoms with Gasteiger partial charge in [-0.15, -0.1) is 0 Å². The lowest BCUT2D eigenvalue weighted by atomic mass is 10.2. The van der Waals surface area contributed by atoms with Gasteiger partial charge in [0, 0.05) is 12.1 Å². The maximum absolute atomic E-state index is 8.84. The molecule has 2 aromatic heterocycles. The predicted octanol–water partition coefficient (Wildman–Crippen LogP) is 2.45. The van der Waals surface area contributed by atoms with E-state index >= 15 is 0 Å². The van der Waals surface area contributed by atoms with Crippen molar-refractivity contribution in [3.63, 3.8) is 0 Å². The molecule has 0 aliphatic carbocycles. The van der Waals surface area contributed by atoms with Crippen LogP contribution in [0.1, 0.15) is 18.3 Å². The highest BCUT2D eigenvalue weighted by atomic mass is 15.1. The molecule has 0 N–H and O–H groups in total. The highest BCUT2D eigenvalue weighted by molar-refractivity contribution is 5.72. The molecule has 0 atom stereocenters. The molecule has 90 valence electrons. The Morgan fingerprint density at radius 3 is 2.79 bits per heavy atom. The Hall–Kier alpha value is -2.85. The van der Waals surface area contributed by atoms with Gasteiger partial charge in [0.25, 0.3) is 0 Å². The van der Waals surface area contributed by atoms with Crippen molar-refractivity contribution in [2.45, 2.75) is 13.3 Å². The predicted molar refractivity (Wildman–Crippen MR) is 70.6 cm³/mol. The van der Waals surface area contributed by atoms with E-state index in [4.69, 9.17) is 5.26 Å². The summed E-state index contributed by atoms with van der Waals surface area (Å²) in [6, 6.07) is 15.3. The van der Waals surface area contributed by atoms with Crippen LogP contribution in [0, 0.1) is 23.5 Å². The van der Waals surface area contributed by atoms with Crippen LogP contribution in [0.2, 0.25) is 0 Å². The highest BCUT2D eigenvalue weighted by Crippen LogP contribution is 2.19. The standard InChI is InChI=1S/C15H10N4/c1-2-14-18-13-4-3-9-17-15(13)19(14)12-7-5-11(10-16)6-8-12/h5-9H,2H2,1H3. The second kappa shape index (κ2) is 4.44. The quantitative estimate of drug-likeness (QED) is 0.698. The number of benzene rings is 1. The van der Waals surface area contributed by atoms with Gasteiger partial charge >= 0.3 is 0 Å². The average molecular weight is 246 g/mol. The van der Waals surface area contributed by atoms with E-state index < -0.39 is 0 Å². The SMILES string of the molecule is CCc1nc2c#ccnc2n1-c1ccc(C#N)cc1. The molecule has 0 unspecified atom stereocenters. The first kappa shape index (κ1) is 11.3. The topological polar surface area (TPSA) is 54.5 Å². The van der Waals surface area contributed by atoms with Crippen LogP contribution < -0.4 is 0 Å². The van der Waals surface area contributed by atoms with Crippen molar-refractivity contribution >= 4 is 11.2 Å². The zero-order valence-corrected chi connectivity index (χ0v) is 10.4. The van der Waals surface area contributed by atoms with Crippen LogP contribution in [-0.4, -0.2) is 14.5 Å². The van der Waals surface area contributed by atoms with Crippen LogP contribution in [0.15, 0.2) is 30.5 Å². The number of fused-ring (bicyclic) bond motifs is 1. The average Bonchev–Trinajstić information content (AvgIpc) is 2.86. The van der Waals surface area contributed by atoms with Crippen LogP contribution in [0.5, 0.6) is 0 Å². The molecule has 0 radical (unpaired) electrons. The maximum atomic E-state index is 8.84. The summed E-state index contributed by atoms with van der Waals surface area (Å²) in [7, 11) is 0. The Kier molecular flexibility index (Phi) is 2.63. The molecular formula is C15H10N4. The summed E-state index contributed by atoms with van der Waals surface area (Å²) in [4.78, 5) is 8.82. The van der Waals surface area contributed by atoms with Crippen molar-refractivity contribution in [1.29, 1.82) is 5.26 Å². The summed E-state index contributed by atoms with van der Waals surface area (Å²) in [6.07, 6.45) is 2.38. The van der Waals surface area contributed by atoms with Crippen LogP contribution in [0.3, 0.4) is 0 Å². The van der Waals surface area contributed by atoms with Crippen LogP contribution in [0.4, 0.5) is 0 Å². The number of imidazole rings is 1. The molecule has 0 bridgehead atoms. The molecule has 0 fully saturated rings. The third kappa shape index (κ3) is 1.80. The third-order valence-corrected chi connectivity index (χ3v) is 2.94. The van der Waals surface area contributed by atoms with Crippen LogP contribution >= 0.6 is 0 Å². The summed E-state index contributed by atoms with van der Waals surface area (Å²) in [6.45, 7) is 2.05. The number of hydrogen-bond acceptors (Lipinski definition) is 3. The van der Waals surface area contributed by atoms with E-state index in [1.165, 1.54) is 0 Å². The Balaban J connectivity index is 2.25. The second-order valence-electron chi connectivity index (χ2n) is 4.08. The molecule has 4 heteroatoms. The summed E-state index contributed by atoms with van der Waals surface area (Å²) < 4.78 is 1.99. The van der Waals surface area contributed by atoms with Gasteiger partial charge in [0.2, 0.25) is 0 Å². The van der Waals surface area contributed by atoms with Gasteiger partial charge in [-0.25, -0.2) is 9.97 Å². The lowest BCUT2D eigenvalue weighted by Crippen LogP contribution is -2.00. The van der Waals surface area contributed by atoms with Gasteiger partial charge in [-0.3, -0.25) is 4.57 Å². The Morgan fingerprint density at radius 1 is 1.32 bits per heavy atom. The highest BCUT2D eigenvalue weighted by Gasteiger charge is 2.11. The Bertz CT molecular complexity index is 763. The van der Waals surface area contributed by atoms with E-state index in [1.54, 1.807) is 18.3 Å². The number of nitriles is 1. The minimum absolute atomic E-state index is 0.638. The first-order valence-electron chi connectivity index (χ1n) is 5.99. The maximum Gasteiger partial charge on any atom is 0.174 e. The van der Waals surface area contributed by atoms with E-state index in [-0.39, 0.29) is 0 Å². The minimum Gasteiger partial charge on any atom is -0.280 e. The van der Waals surface area contributed by atoms with Gasteiger partial charge in [-0.1, -0.05) is 6.92 Å². The van der Waals surface area contributed by atoms with Crippen molar-refractivity contribution in [3.8, 4) is 11.8 Å². The van der Waals surface area contributed by atoms with Crippen LogP contribution in [0.25, 0.3) is 16.9 Å². The summed E-state index contributed by atoms with van der Waals surface area (Å²) >= 11 is 0. The molecule has 0 aliphatic rings. The van der Waals surface area contributed by atoms with E-state index in [1.807, 2.05) is 23.6 Å². The normalized spacial score (nSPS) is 10.1. The van der Waals surface area contributed by atoms with Crippen LogP contribution in [-0.2, 0) is 6.42 Å². The molecule has 1 aromatic carbocycles. The number of rotatable bonds is 2. The van der Waals surface area contributed by atoms with Gasteiger partial charge in [-0.05, 0) is 36.4 Å². The Morgan fingerprint density at radius 2 is 2.11 bits per heavy atom. The molecule has 3 rings (SSSR count). The Labute approximate surface area is 111 Å². The minimum atomic E-state index is 0.638. The second-order valence-corrected chi connectivity index (χ2v) is 4.08. The largest absolute Gasteiger partial charge is 0.280 e. The number of nitrogens with zero attached hydrogens (tertiary/aromatic N) is 4. The van der Waals surface area contributed by atoms with Crippen molar-refractivity contribution in [1.82, 2.24) is 14.5 Å². The van der Waals surface area contributed by atoms with Gasteiger partial charge in [0.15, 0.2) is 11.2 Å². The van der Waals surface area contributed by atoms with Gasteiger partial charge < -0.3 is 0 Å². The van der Waals surface area contributed by atoms with Crippen molar-refractivity contribution < 1.29 is 0 Å². The molecule has 0 aliphatic heterocycles. The molecule has 0 spiro atoms. The summed E-state index contributed by atoms with van der Waals surface area (Å²) in [5.74, 6) is 0.919. The van der Waals surface area contributed by atoms with E-state index in [2.05, 4.69) is 28.2 Å². The van der Waals surface area contributed by atoms with Gasteiger partial charge in [0.05, 0.1) is 17.8 Å². The summed E-state index contributed by atoms with van der Waals surface area (Å²) in [5.41, 5.74) is 3.06. The van der Waals surface area contributed by atoms with Crippen molar-refractivity contribution in [2.75, 3.05) is 0 Å². The fourth-order valence-corrected chi connectivity index (χ4v) is 2.05. The number of aromatic nitrogens is 3. The molecule has 3 aromatic rings. The molecule has 0 saturated carbocycles. The number of hydrogen-bond donors (Lipinski definition) is 0. The monoisotopic (exact) mass is 246 g/mol. The third-order valence-electron chi connectivity index (χ3n) is 2.94. The van der Waals surface area contributed by atoms with Crippen molar-refractivity contribution in [3.05, 3.63) is 54.0 Å². The van der Waals surface area contributed by atoms with E-state index in [9.17, 15) is 0 Å². The first-order valence-corrected chi connectivity index (χ1v) is 5.99. The molecule has 0 saturated heterocycles. The smallest absolute Gasteiger partial charge is 0.174 e. The van der Waals surface area contributed by atoms with E-state index in [0.717, 1.165) is 23.6 Å². The summed E-state index contributed by atoms with van der Waals surface area (Å²) in [5, 5.41) is 8.84. The van der Waals surface area contributed by atoms with E-state index in [0.29, 0.717) is 11.1 Å². The molecule has 4 nitrogen and oxygen atoms in total. The molecule has 19 heavy (non-hydrogen) atoms. The number of aryl methyl sites for hydroxylation is 1. The van der Waals surface area contributed by atoms with Gasteiger partial charge in [0.1, 0.15) is 5.82 Å². The van der Waals surface area contributed by atoms with Gasteiger partial charge in [-0.2, -0.15) is 5.26 Å². The fourth-order valence-electron chi connectivity index (χ4n) is 2.05. The lowest BCUT2D eigenvalue weighted by molar-refractivity contribution is 0.901. The molecule has 2 heterocycles. The first-order chi connectivity index (χ1) is 9.33. The fraction of sp³-hybridized carbons (Fsp3) is 0.133. The van der Waals surface area contributed by atoms with Crippen molar-refractivity contribution in [2.24, 2.45) is 0 Å². The lowest BCUT2D eigenvalue weighted by Gasteiger charge is -2.06. The zero-order chi connectivity index (χ0) is 13.2. The molecular weight excluding hydrogens is 236 g/mol. The zero-order valence-electron chi connectivity index (χ0n) is 10.4.